The molecule has 21 heavy (non-hydrogen) atoms. The van der Waals surface area contributed by atoms with E-state index in [-0.39, 0.29) is 0 Å². The van der Waals surface area contributed by atoms with Crippen molar-refractivity contribution in [2.24, 2.45) is 0 Å². The van der Waals surface area contributed by atoms with E-state index in [1.54, 1.807) is 12.1 Å². The Labute approximate surface area is 119 Å². The first kappa shape index (κ1) is 14.9. The molecule has 0 unspecified atom stereocenters. The maximum atomic E-state index is 12.8. The van der Waals surface area contributed by atoms with Crippen molar-refractivity contribution < 1.29 is 18.0 Å². The number of hydrazine groups is 1. The van der Waals surface area contributed by atoms with Crippen LogP contribution in [0.2, 0.25) is 0 Å². The van der Waals surface area contributed by atoms with Crippen LogP contribution in [-0.4, -0.2) is 5.91 Å². The summed E-state index contributed by atoms with van der Waals surface area (Å²) < 4.78 is 38.5. The quantitative estimate of drug-likeness (QED) is 0.846. The van der Waals surface area contributed by atoms with E-state index in [1.165, 1.54) is 12.1 Å². The van der Waals surface area contributed by atoms with Crippen molar-refractivity contribution in [2.75, 3.05) is 5.43 Å². The fourth-order valence-corrected chi connectivity index (χ4v) is 1.83. The van der Waals surface area contributed by atoms with E-state index in [1.807, 2.05) is 19.1 Å². The summed E-state index contributed by atoms with van der Waals surface area (Å²) in [4.78, 5) is 11.9. The number of para-hydroxylation sites is 1. The molecule has 3 nitrogen and oxygen atoms in total. The van der Waals surface area contributed by atoms with Gasteiger partial charge in [0.2, 0.25) is 0 Å². The average molecular weight is 294 g/mol. The number of anilines is 1. The molecule has 2 aromatic carbocycles. The highest BCUT2D eigenvalue weighted by molar-refractivity contribution is 5.96. The van der Waals surface area contributed by atoms with Crippen molar-refractivity contribution in [3.8, 4) is 0 Å². The Morgan fingerprint density at radius 2 is 1.62 bits per heavy atom. The molecule has 0 aliphatic carbocycles. The van der Waals surface area contributed by atoms with Gasteiger partial charge in [-0.2, -0.15) is 13.2 Å². The van der Waals surface area contributed by atoms with E-state index < -0.39 is 23.2 Å². The summed E-state index contributed by atoms with van der Waals surface area (Å²) in [5.41, 5.74) is 5.00. The lowest BCUT2D eigenvalue weighted by molar-refractivity contribution is -0.137. The van der Waals surface area contributed by atoms with Gasteiger partial charge in [0, 0.05) is 0 Å². The Hall–Kier alpha value is -2.50. The van der Waals surface area contributed by atoms with Crippen molar-refractivity contribution in [3.63, 3.8) is 0 Å². The van der Waals surface area contributed by atoms with Gasteiger partial charge in [-0.25, -0.2) is 0 Å². The summed E-state index contributed by atoms with van der Waals surface area (Å²) in [7, 11) is 0. The third-order valence-corrected chi connectivity index (χ3v) is 2.93. The second kappa shape index (κ2) is 5.87. The van der Waals surface area contributed by atoms with Gasteiger partial charge in [0.25, 0.3) is 5.91 Å². The van der Waals surface area contributed by atoms with Gasteiger partial charge in [-0.15, -0.1) is 0 Å². The van der Waals surface area contributed by atoms with Gasteiger partial charge in [0.1, 0.15) is 0 Å². The molecule has 0 saturated heterocycles. The van der Waals surface area contributed by atoms with Crippen LogP contribution in [0, 0.1) is 6.92 Å². The van der Waals surface area contributed by atoms with E-state index in [0.717, 1.165) is 17.7 Å². The molecule has 6 heteroatoms. The molecule has 110 valence electrons. The number of hydrogen-bond acceptors (Lipinski definition) is 2. The molecular weight excluding hydrogens is 281 g/mol. The zero-order chi connectivity index (χ0) is 15.5. The summed E-state index contributed by atoms with van der Waals surface area (Å²) in [5.74, 6) is -0.842. The molecule has 2 aromatic rings. The van der Waals surface area contributed by atoms with Crippen LogP contribution in [-0.2, 0) is 6.18 Å². The molecule has 0 aliphatic rings. The number of carbonyl (C=O) groups is 1. The molecule has 0 atom stereocenters. The zero-order valence-electron chi connectivity index (χ0n) is 11.2. The monoisotopic (exact) mass is 294 g/mol. The predicted octanol–water partition coefficient (Wildman–Crippen LogP) is 3.77. The van der Waals surface area contributed by atoms with Crippen LogP contribution >= 0.6 is 0 Å². The van der Waals surface area contributed by atoms with Crippen LogP contribution in [0.1, 0.15) is 21.5 Å². The van der Waals surface area contributed by atoms with Crippen molar-refractivity contribution >= 4 is 11.6 Å². The van der Waals surface area contributed by atoms with E-state index >= 15 is 0 Å². The van der Waals surface area contributed by atoms with Crippen LogP contribution in [0.15, 0.2) is 48.5 Å². The first-order valence-corrected chi connectivity index (χ1v) is 6.18. The maximum Gasteiger partial charge on any atom is 0.417 e. The molecular formula is C15H13F3N2O. The van der Waals surface area contributed by atoms with Gasteiger partial charge in [-0.05, 0) is 30.7 Å². The number of halogens is 3. The molecule has 2 N–H and O–H groups in total. The molecule has 1 amide bonds. The van der Waals surface area contributed by atoms with Crippen molar-refractivity contribution in [1.82, 2.24) is 5.43 Å². The fourth-order valence-electron chi connectivity index (χ4n) is 1.83. The number of aryl methyl sites for hydroxylation is 1. The highest BCUT2D eigenvalue weighted by atomic mass is 19.4. The lowest BCUT2D eigenvalue weighted by Crippen LogP contribution is -2.31. The minimum Gasteiger partial charge on any atom is -0.298 e. The second-order valence-electron chi connectivity index (χ2n) is 4.44. The van der Waals surface area contributed by atoms with Crippen LogP contribution in [0.5, 0.6) is 0 Å². The molecule has 0 spiro atoms. The smallest absolute Gasteiger partial charge is 0.298 e. The number of hydrogen-bond donors (Lipinski definition) is 2. The van der Waals surface area contributed by atoms with E-state index in [9.17, 15) is 18.0 Å². The molecule has 0 heterocycles. The number of alkyl halides is 3. The van der Waals surface area contributed by atoms with Crippen LogP contribution in [0.3, 0.4) is 0 Å². The zero-order valence-corrected chi connectivity index (χ0v) is 11.2. The second-order valence-corrected chi connectivity index (χ2v) is 4.44. The van der Waals surface area contributed by atoms with Gasteiger partial charge >= 0.3 is 6.18 Å². The Morgan fingerprint density at radius 1 is 1.00 bits per heavy atom. The average Bonchev–Trinajstić information content (AvgIpc) is 2.45. The summed E-state index contributed by atoms with van der Waals surface area (Å²) in [6, 6.07) is 11.8. The summed E-state index contributed by atoms with van der Waals surface area (Å²) in [6.45, 7) is 1.82. The number of benzene rings is 2. The Morgan fingerprint density at radius 3 is 2.29 bits per heavy atom. The summed E-state index contributed by atoms with van der Waals surface area (Å²) >= 11 is 0. The van der Waals surface area contributed by atoms with Gasteiger partial charge in [0.15, 0.2) is 0 Å². The SMILES string of the molecule is Cc1ccccc1NNC(=O)c1ccccc1C(F)(F)F. The lowest BCUT2D eigenvalue weighted by atomic mass is 10.1. The van der Waals surface area contributed by atoms with Gasteiger partial charge in [-0.3, -0.25) is 15.6 Å². The number of carbonyl (C=O) groups excluding carboxylic acids is 1. The first-order valence-electron chi connectivity index (χ1n) is 6.18. The molecule has 0 aliphatic heterocycles. The van der Waals surface area contributed by atoms with E-state index in [0.29, 0.717) is 5.69 Å². The predicted molar refractivity (Wildman–Crippen MR) is 73.7 cm³/mol. The number of nitrogens with one attached hydrogen (secondary N) is 2. The Kier molecular flexibility index (Phi) is 4.16. The van der Waals surface area contributed by atoms with Crippen molar-refractivity contribution in [2.45, 2.75) is 13.1 Å². The van der Waals surface area contributed by atoms with Gasteiger partial charge < -0.3 is 0 Å². The van der Waals surface area contributed by atoms with Crippen molar-refractivity contribution in [3.05, 3.63) is 65.2 Å². The molecule has 0 fully saturated rings. The minimum atomic E-state index is -4.57. The standard InChI is InChI=1S/C15H13F3N2O/c1-10-6-2-5-9-13(10)19-20-14(21)11-7-3-4-8-12(11)15(16,17)18/h2-9,19H,1H3,(H,20,21). The fraction of sp³-hybridized carbons (Fsp3) is 0.133. The normalized spacial score (nSPS) is 11.0. The van der Waals surface area contributed by atoms with E-state index in [2.05, 4.69) is 10.9 Å². The molecule has 2 rings (SSSR count). The van der Waals surface area contributed by atoms with Crippen LogP contribution < -0.4 is 10.9 Å². The maximum absolute atomic E-state index is 12.8. The minimum absolute atomic E-state index is 0.425. The highest BCUT2D eigenvalue weighted by Gasteiger charge is 2.34. The van der Waals surface area contributed by atoms with Crippen LogP contribution in [0.4, 0.5) is 18.9 Å². The van der Waals surface area contributed by atoms with Gasteiger partial charge in [-0.1, -0.05) is 30.3 Å². The molecule has 0 bridgehead atoms. The Balaban J connectivity index is 2.17. The lowest BCUT2D eigenvalue weighted by Gasteiger charge is -2.14. The van der Waals surface area contributed by atoms with E-state index in [4.69, 9.17) is 0 Å². The summed E-state index contributed by atoms with van der Waals surface area (Å²) in [6.07, 6.45) is -4.57. The molecule has 0 radical (unpaired) electrons. The van der Waals surface area contributed by atoms with Crippen LogP contribution in [0.25, 0.3) is 0 Å². The highest BCUT2D eigenvalue weighted by Crippen LogP contribution is 2.31. The first-order chi connectivity index (χ1) is 9.89. The van der Waals surface area contributed by atoms with Gasteiger partial charge in [0.05, 0.1) is 16.8 Å². The number of amides is 1. The largest absolute Gasteiger partial charge is 0.417 e. The third-order valence-electron chi connectivity index (χ3n) is 2.93. The third kappa shape index (κ3) is 3.53. The molecule has 0 saturated carbocycles. The summed E-state index contributed by atoms with van der Waals surface area (Å²) in [5, 5.41) is 0. The number of rotatable bonds is 3. The Bertz CT molecular complexity index is 653. The molecule has 0 aromatic heterocycles. The van der Waals surface area contributed by atoms with Crippen molar-refractivity contribution in [1.29, 1.82) is 0 Å². The topological polar surface area (TPSA) is 41.1 Å².